The number of nitrogens with one attached hydrogen (secondary N) is 1. The summed E-state index contributed by atoms with van der Waals surface area (Å²) in [5.74, 6) is 2.44. The highest BCUT2D eigenvalue weighted by atomic mass is 127. The Bertz CT molecular complexity index is 573. The third kappa shape index (κ3) is 5.80. The van der Waals surface area contributed by atoms with Gasteiger partial charge >= 0.3 is 0 Å². The number of likely N-dealkylation sites (tertiary alicyclic amines) is 1. The summed E-state index contributed by atoms with van der Waals surface area (Å²) in [5, 5.41) is 3.24. The number of guanidine groups is 1. The molecule has 3 N–H and O–H groups in total. The number of nitrogens with two attached hydrogens (primary N) is 1. The number of benzene rings is 1. The Labute approximate surface area is 173 Å². The summed E-state index contributed by atoms with van der Waals surface area (Å²) in [5.41, 5.74) is 6.88. The molecule has 0 bridgehead atoms. The van der Waals surface area contributed by atoms with E-state index in [2.05, 4.69) is 22.1 Å². The van der Waals surface area contributed by atoms with Gasteiger partial charge in [0, 0.05) is 24.7 Å². The minimum absolute atomic E-state index is 0. The third-order valence-electron chi connectivity index (χ3n) is 4.65. The van der Waals surface area contributed by atoms with Crippen LogP contribution in [0.1, 0.15) is 25.3 Å². The van der Waals surface area contributed by atoms with Crippen molar-refractivity contribution in [3.63, 3.8) is 0 Å². The van der Waals surface area contributed by atoms with Crippen molar-refractivity contribution in [3.8, 4) is 17.2 Å². The van der Waals surface area contributed by atoms with E-state index in [0.717, 1.165) is 18.7 Å². The Balaban J connectivity index is 0.00000338. The van der Waals surface area contributed by atoms with Crippen LogP contribution in [0.3, 0.4) is 0 Å². The number of methoxy groups -OCH3 is 3. The Hall–Kier alpha value is -1.42. The molecule has 26 heavy (non-hydrogen) atoms. The quantitative estimate of drug-likeness (QED) is 0.339. The van der Waals surface area contributed by atoms with Gasteiger partial charge in [-0.3, -0.25) is 4.90 Å². The lowest BCUT2D eigenvalue weighted by molar-refractivity contribution is 0.267. The van der Waals surface area contributed by atoms with E-state index in [0.29, 0.717) is 35.8 Å². The molecule has 148 valence electrons. The second-order valence-electron chi connectivity index (χ2n) is 6.02. The normalized spacial score (nSPS) is 17.5. The zero-order chi connectivity index (χ0) is 18.2. The highest BCUT2D eigenvalue weighted by Crippen LogP contribution is 2.34. The molecule has 7 nitrogen and oxygen atoms in total. The van der Waals surface area contributed by atoms with Crippen molar-refractivity contribution in [1.82, 2.24) is 10.2 Å². The summed E-state index contributed by atoms with van der Waals surface area (Å²) < 4.78 is 16.1. The highest BCUT2D eigenvalue weighted by Gasteiger charge is 2.22. The average Bonchev–Trinajstić information content (AvgIpc) is 3.11. The minimum Gasteiger partial charge on any atom is -0.496 e. The molecule has 0 saturated carbocycles. The van der Waals surface area contributed by atoms with E-state index in [9.17, 15) is 0 Å². The highest BCUT2D eigenvalue weighted by molar-refractivity contribution is 14.0. The SMILES string of the molecule is CCN1CCCC1CNC(N)=NCc1c(OC)cc(OC)cc1OC.I. The first-order valence-corrected chi connectivity index (χ1v) is 8.69. The van der Waals surface area contributed by atoms with Crippen LogP contribution in [0, 0.1) is 0 Å². The first-order chi connectivity index (χ1) is 12.1. The van der Waals surface area contributed by atoms with Gasteiger partial charge in [0.1, 0.15) is 17.2 Å². The average molecular weight is 478 g/mol. The molecule has 8 heteroatoms. The number of hydrogen-bond acceptors (Lipinski definition) is 5. The van der Waals surface area contributed by atoms with E-state index in [1.54, 1.807) is 21.3 Å². The maximum absolute atomic E-state index is 6.04. The van der Waals surface area contributed by atoms with Gasteiger partial charge in [-0.25, -0.2) is 4.99 Å². The van der Waals surface area contributed by atoms with Gasteiger partial charge < -0.3 is 25.3 Å². The lowest BCUT2D eigenvalue weighted by Gasteiger charge is -2.23. The smallest absolute Gasteiger partial charge is 0.188 e. The predicted octanol–water partition coefficient (Wildman–Crippen LogP) is 2.22. The van der Waals surface area contributed by atoms with E-state index in [1.807, 2.05) is 12.1 Å². The molecule has 1 heterocycles. The summed E-state index contributed by atoms with van der Waals surface area (Å²) in [6.07, 6.45) is 2.45. The fraction of sp³-hybridized carbons (Fsp3) is 0.611. The molecular weight excluding hydrogens is 447 g/mol. The second-order valence-corrected chi connectivity index (χ2v) is 6.02. The van der Waals surface area contributed by atoms with Crippen molar-refractivity contribution in [3.05, 3.63) is 17.7 Å². The van der Waals surface area contributed by atoms with E-state index in [-0.39, 0.29) is 24.0 Å². The molecule has 0 spiro atoms. The van der Waals surface area contributed by atoms with Gasteiger partial charge in [-0.2, -0.15) is 0 Å². The van der Waals surface area contributed by atoms with E-state index in [4.69, 9.17) is 19.9 Å². The number of ether oxygens (including phenoxy) is 3. The molecule has 0 amide bonds. The monoisotopic (exact) mass is 478 g/mol. The van der Waals surface area contributed by atoms with Crippen LogP contribution >= 0.6 is 24.0 Å². The van der Waals surface area contributed by atoms with Crippen LogP contribution in [0.25, 0.3) is 0 Å². The zero-order valence-corrected chi connectivity index (χ0v) is 18.4. The molecule has 0 aromatic heterocycles. The van der Waals surface area contributed by atoms with E-state index in [1.165, 1.54) is 19.4 Å². The number of rotatable bonds is 8. The van der Waals surface area contributed by atoms with Gasteiger partial charge in [0.25, 0.3) is 0 Å². The first-order valence-electron chi connectivity index (χ1n) is 8.69. The zero-order valence-electron chi connectivity index (χ0n) is 16.1. The largest absolute Gasteiger partial charge is 0.496 e. The molecular formula is C18H31IN4O3. The molecule has 0 radical (unpaired) electrons. The fourth-order valence-corrected chi connectivity index (χ4v) is 3.22. The van der Waals surface area contributed by atoms with Gasteiger partial charge in [-0.1, -0.05) is 6.92 Å². The van der Waals surface area contributed by atoms with Gasteiger partial charge in [0.15, 0.2) is 5.96 Å². The molecule has 1 saturated heterocycles. The molecule has 1 aromatic carbocycles. The van der Waals surface area contributed by atoms with Crippen LogP contribution in [0.4, 0.5) is 0 Å². The van der Waals surface area contributed by atoms with Crippen LogP contribution < -0.4 is 25.3 Å². The Kier molecular flexibility index (Phi) is 9.85. The third-order valence-corrected chi connectivity index (χ3v) is 4.65. The lowest BCUT2D eigenvalue weighted by Crippen LogP contribution is -2.42. The van der Waals surface area contributed by atoms with Crippen LogP contribution in [0.2, 0.25) is 0 Å². The van der Waals surface area contributed by atoms with E-state index >= 15 is 0 Å². The second kappa shape index (κ2) is 11.3. The van der Waals surface area contributed by atoms with Gasteiger partial charge in [0.05, 0.1) is 33.4 Å². The summed E-state index contributed by atoms with van der Waals surface area (Å²) >= 11 is 0. The predicted molar refractivity (Wildman–Crippen MR) is 115 cm³/mol. The molecule has 1 aliphatic heterocycles. The molecule has 1 unspecified atom stereocenters. The summed E-state index contributed by atoms with van der Waals surface area (Å²) in [6.45, 7) is 5.62. The van der Waals surface area contributed by atoms with Crippen molar-refractivity contribution >= 4 is 29.9 Å². The Morgan fingerprint density at radius 1 is 1.23 bits per heavy atom. The molecule has 0 aliphatic carbocycles. The minimum atomic E-state index is 0. The van der Waals surface area contributed by atoms with E-state index < -0.39 is 0 Å². The molecule has 1 fully saturated rings. The van der Waals surface area contributed by atoms with Gasteiger partial charge in [-0.15, -0.1) is 24.0 Å². The van der Waals surface area contributed by atoms with Gasteiger partial charge in [0.2, 0.25) is 0 Å². The standard InChI is InChI=1S/C18H30N4O3.HI/c1-5-22-8-6-7-13(22)11-20-18(19)21-12-15-16(24-3)9-14(23-2)10-17(15)25-4;/h9-10,13H,5-8,11-12H2,1-4H3,(H3,19,20,21);1H. The Morgan fingerprint density at radius 2 is 1.88 bits per heavy atom. The van der Waals surface area contributed by atoms with Crippen molar-refractivity contribution in [2.24, 2.45) is 10.7 Å². The number of nitrogens with zero attached hydrogens (tertiary/aromatic N) is 2. The summed E-state index contributed by atoms with van der Waals surface area (Å²) in [7, 11) is 4.83. The molecule has 1 aliphatic rings. The number of aliphatic imine (C=N–C) groups is 1. The first kappa shape index (κ1) is 22.6. The van der Waals surface area contributed by atoms with Crippen LogP contribution in [0.15, 0.2) is 17.1 Å². The summed E-state index contributed by atoms with van der Waals surface area (Å²) in [6, 6.07) is 4.16. The molecule has 1 atom stereocenters. The number of likely N-dealkylation sites (N-methyl/N-ethyl adjacent to an activating group) is 1. The maximum atomic E-state index is 6.04. The molecule has 2 rings (SSSR count). The lowest BCUT2D eigenvalue weighted by atomic mass is 10.1. The fourth-order valence-electron chi connectivity index (χ4n) is 3.22. The van der Waals surface area contributed by atoms with Crippen LogP contribution in [-0.2, 0) is 6.54 Å². The van der Waals surface area contributed by atoms with Gasteiger partial charge in [-0.05, 0) is 25.9 Å². The van der Waals surface area contributed by atoms with Crippen molar-refractivity contribution in [2.45, 2.75) is 32.4 Å². The molecule has 1 aromatic rings. The number of hydrogen-bond donors (Lipinski definition) is 2. The maximum Gasteiger partial charge on any atom is 0.188 e. The topological polar surface area (TPSA) is 81.3 Å². The van der Waals surface area contributed by atoms with Crippen LogP contribution in [0.5, 0.6) is 17.2 Å². The summed E-state index contributed by atoms with van der Waals surface area (Å²) in [4.78, 5) is 6.91. The van der Waals surface area contributed by atoms with Crippen molar-refractivity contribution < 1.29 is 14.2 Å². The Morgan fingerprint density at radius 3 is 2.42 bits per heavy atom. The number of halogens is 1. The van der Waals surface area contributed by atoms with Crippen molar-refractivity contribution in [2.75, 3.05) is 41.0 Å². The van der Waals surface area contributed by atoms with Crippen LogP contribution in [-0.4, -0.2) is 57.9 Å². The van der Waals surface area contributed by atoms with Crippen molar-refractivity contribution in [1.29, 1.82) is 0 Å².